The number of benzene rings is 3. The minimum Gasteiger partial charge on any atom is -0.488 e. The molecule has 3 aromatic carbocycles. The second-order valence-electron chi connectivity index (χ2n) is 6.24. The maximum absolute atomic E-state index is 12.4. The van der Waals surface area contributed by atoms with E-state index in [-0.39, 0.29) is 5.91 Å². The minimum atomic E-state index is -0.175. The summed E-state index contributed by atoms with van der Waals surface area (Å²) in [5.74, 6) is 0.507. The lowest BCUT2D eigenvalue weighted by atomic mass is 10.2. The summed E-state index contributed by atoms with van der Waals surface area (Å²) in [5, 5.41) is 4.03. The van der Waals surface area contributed by atoms with Gasteiger partial charge in [0.25, 0.3) is 5.91 Å². The van der Waals surface area contributed by atoms with Gasteiger partial charge in [-0.3, -0.25) is 4.79 Å². The molecule has 1 heterocycles. The summed E-state index contributed by atoms with van der Waals surface area (Å²) >= 11 is 7.52. The molecule has 0 saturated carbocycles. The minimum absolute atomic E-state index is 0.175. The highest BCUT2D eigenvalue weighted by Crippen LogP contribution is 2.31. The summed E-state index contributed by atoms with van der Waals surface area (Å²) in [4.78, 5) is 17.4. The first-order chi connectivity index (χ1) is 14.2. The highest BCUT2D eigenvalue weighted by atomic mass is 35.5. The van der Waals surface area contributed by atoms with Gasteiger partial charge in [0, 0.05) is 16.1 Å². The van der Waals surface area contributed by atoms with Gasteiger partial charge >= 0.3 is 0 Å². The van der Waals surface area contributed by atoms with Gasteiger partial charge in [-0.05, 0) is 42.1 Å². The van der Waals surface area contributed by atoms with Crippen LogP contribution in [-0.4, -0.2) is 11.1 Å². The Morgan fingerprint density at radius 2 is 1.69 bits per heavy atom. The first-order valence-electron chi connectivity index (χ1n) is 8.99. The molecule has 1 aliphatic rings. The Hall–Kier alpha value is -3.02. The Morgan fingerprint density at radius 3 is 2.52 bits per heavy atom. The Labute approximate surface area is 178 Å². The standard InChI is InChI=1S/C23H17ClN2O2S/c24-19-12-6-4-9-17(19)15-28-20-13-7-5-8-16(20)14-21-22(27)26-23(29-21)25-18-10-2-1-3-11-18/h1-14H,15H2,(H,25,26,27). The van der Waals surface area contributed by atoms with Crippen LogP contribution < -0.4 is 10.1 Å². The van der Waals surface area contributed by atoms with E-state index in [1.54, 1.807) is 0 Å². The molecule has 0 unspecified atom stereocenters. The summed E-state index contributed by atoms with van der Waals surface area (Å²) in [6, 6.07) is 24.7. The monoisotopic (exact) mass is 420 g/mol. The zero-order valence-electron chi connectivity index (χ0n) is 15.3. The van der Waals surface area contributed by atoms with Crippen molar-refractivity contribution in [3.05, 3.63) is 99.9 Å². The van der Waals surface area contributed by atoms with E-state index in [0.717, 1.165) is 16.8 Å². The van der Waals surface area contributed by atoms with Crippen molar-refractivity contribution >= 4 is 46.2 Å². The third-order valence-corrected chi connectivity index (χ3v) is 5.46. The first kappa shape index (κ1) is 19.3. The average Bonchev–Trinajstić information content (AvgIpc) is 3.08. The Morgan fingerprint density at radius 1 is 0.966 bits per heavy atom. The molecule has 0 atom stereocenters. The van der Waals surface area contributed by atoms with Crippen LogP contribution in [0.2, 0.25) is 5.02 Å². The number of halogens is 1. The van der Waals surface area contributed by atoms with E-state index in [9.17, 15) is 4.79 Å². The maximum atomic E-state index is 12.4. The molecule has 144 valence electrons. The number of carbonyl (C=O) groups excluding carboxylic acids is 1. The predicted octanol–water partition coefficient (Wildman–Crippen LogP) is 5.81. The van der Waals surface area contributed by atoms with E-state index in [2.05, 4.69) is 10.3 Å². The lowest BCUT2D eigenvalue weighted by Crippen LogP contribution is -2.19. The quantitative estimate of drug-likeness (QED) is 0.530. The van der Waals surface area contributed by atoms with E-state index in [1.165, 1.54) is 11.8 Å². The number of hydrogen-bond acceptors (Lipinski definition) is 4. The largest absolute Gasteiger partial charge is 0.488 e. The fourth-order valence-corrected chi connectivity index (χ4v) is 3.77. The molecule has 0 radical (unpaired) electrons. The van der Waals surface area contributed by atoms with Crippen LogP contribution in [0, 0.1) is 0 Å². The predicted molar refractivity (Wildman–Crippen MR) is 119 cm³/mol. The zero-order valence-corrected chi connectivity index (χ0v) is 16.9. The summed E-state index contributed by atoms with van der Waals surface area (Å²) < 4.78 is 5.97. The Balaban J connectivity index is 1.53. The van der Waals surface area contributed by atoms with Crippen LogP contribution in [0.3, 0.4) is 0 Å². The highest BCUT2D eigenvalue weighted by Gasteiger charge is 2.24. The number of amides is 1. The number of nitrogens with zero attached hydrogens (tertiary/aromatic N) is 1. The normalized spacial score (nSPS) is 16.2. The molecule has 3 aromatic rings. The number of hydrogen-bond donors (Lipinski definition) is 1. The van der Waals surface area contributed by atoms with Gasteiger partial charge in [0.2, 0.25) is 0 Å². The second kappa shape index (κ2) is 8.99. The lowest BCUT2D eigenvalue weighted by Gasteiger charge is -2.10. The SMILES string of the molecule is O=C1NC(=Nc2ccccc2)SC1=Cc1ccccc1OCc1ccccc1Cl. The number of aliphatic imine (C=N–C) groups is 1. The average molecular weight is 421 g/mol. The van der Waals surface area contributed by atoms with Gasteiger partial charge in [0.15, 0.2) is 5.17 Å². The van der Waals surface area contributed by atoms with Crippen LogP contribution in [0.15, 0.2) is 88.8 Å². The van der Waals surface area contributed by atoms with Gasteiger partial charge in [-0.25, -0.2) is 4.99 Å². The molecule has 1 amide bonds. The van der Waals surface area contributed by atoms with Crippen molar-refractivity contribution in [3.8, 4) is 5.75 Å². The number of para-hydroxylation sites is 2. The van der Waals surface area contributed by atoms with Gasteiger partial charge in [0.1, 0.15) is 12.4 Å². The van der Waals surface area contributed by atoms with Gasteiger partial charge in [-0.15, -0.1) is 0 Å². The number of thioether (sulfide) groups is 1. The van der Waals surface area contributed by atoms with Crippen molar-refractivity contribution in [3.63, 3.8) is 0 Å². The number of ether oxygens (including phenoxy) is 1. The summed E-state index contributed by atoms with van der Waals surface area (Å²) in [6.45, 7) is 0.347. The number of rotatable bonds is 5. The Bertz CT molecular complexity index is 1100. The van der Waals surface area contributed by atoms with Crippen LogP contribution in [0.4, 0.5) is 5.69 Å². The van der Waals surface area contributed by atoms with Gasteiger partial charge in [-0.1, -0.05) is 66.2 Å². The molecule has 4 nitrogen and oxygen atoms in total. The van der Waals surface area contributed by atoms with Crippen molar-refractivity contribution in [2.24, 2.45) is 4.99 Å². The van der Waals surface area contributed by atoms with Gasteiger partial charge in [-0.2, -0.15) is 0 Å². The molecule has 6 heteroatoms. The smallest absolute Gasteiger partial charge is 0.264 e. The highest BCUT2D eigenvalue weighted by molar-refractivity contribution is 8.18. The van der Waals surface area contributed by atoms with Crippen LogP contribution in [0.5, 0.6) is 5.75 Å². The zero-order chi connectivity index (χ0) is 20.1. The third-order valence-electron chi connectivity index (χ3n) is 4.18. The fraction of sp³-hybridized carbons (Fsp3) is 0.0435. The third kappa shape index (κ3) is 4.88. The van der Waals surface area contributed by atoms with Crippen molar-refractivity contribution < 1.29 is 9.53 Å². The van der Waals surface area contributed by atoms with Crippen LogP contribution in [0.1, 0.15) is 11.1 Å². The molecular formula is C23H17ClN2O2S. The summed E-state index contributed by atoms with van der Waals surface area (Å²) in [7, 11) is 0. The summed E-state index contributed by atoms with van der Waals surface area (Å²) in [5.41, 5.74) is 2.51. The second-order valence-corrected chi connectivity index (χ2v) is 7.67. The number of carbonyl (C=O) groups is 1. The molecule has 4 rings (SSSR count). The summed E-state index contributed by atoms with van der Waals surface area (Å²) in [6.07, 6.45) is 1.81. The molecule has 0 bridgehead atoms. The van der Waals surface area contributed by atoms with E-state index < -0.39 is 0 Å². The van der Waals surface area contributed by atoms with E-state index in [4.69, 9.17) is 16.3 Å². The number of nitrogens with one attached hydrogen (secondary N) is 1. The molecule has 1 N–H and O–H groups in total. The van der Waals surface area contributed by atoms with Crippen LogP contribution in [-0.2, 0) is 11.4 Å². The molecule has 1 saturated heterocycles. The molecule has 0 aromatic heterocycles. The van der Waals surface area contributed by atoms with Crippen molar-refractivity contribution in [1.82, 2.24) is 5.32 Å². The van der Waals surface area contributed by atoms with E-state index >= 15 is 0 Å². The van der Waals surface area contributed by atoms with Gasteiger partial charge in [0.05, 0.1) is 10.6 Å². The maximum Gasteiger partial charge on any atom is 0.264 e. The molecule has 1 aliphatic heterocycles. The first-order valence-corrected chi connectivity index (χ1v) is 10.2. The fourth-order valence-electron chi connectivity index (χ4n) is 2.74. The van der Waals surface area contributed by atoms with E-state index in [1.807, 2.05) is 84.9 Å². The van der Waals surface area contributed by atoms with Gasteiger partial charge < -0.3 is 10.1 Å². The number of amidine groups is 1. The van der Waals surface area contributed by atoms with Crippen LogP contribution in [0.25, 0.3) is 6.08 Å². The molecule has 0 aliphatic carbocycles. The van der Waals surface area contributed by atoms with Crippen molar-refractivity contribution in [2.45, 2.75) is 6.61 Å². The Kier molecular flexibility index (Phi) is 5.98. The molecule has 1 fully saturated rings. The van der Waals surface area contributed by atoms with Crippen LogP contribution >= 0.6 is 23.4 Å². The molecule has 29 heavy (non-hydrogen) atoms. The van der Waals surface area contributed by atoms with E-state index in [0.29, 0.717) is 27.5 Å². The molecular weight excluding hydrogens is 404 g/mol. The van der Waals surface area contributed by atoms with Crippen molar-refractivity contribution in [2.75, 3.05) is 0 Å². The lowest BCUT2D eigenvalue weighted by molar-refractivity contribution is -0.115. The topological polar surface area (TPSA) is 50.7 Å². The molecule has 0 spiro atoms. The van der Waals surface area contributed by atoms with Crippen molar-refractivity contribution in [1.29, 1.82) is 0 Å².